The second-order valence-corrected chi connectivity index (χ2v) is 5.95. The topological polar surface area (TPSA) is 43.8 Å². The number of hydrazine groups is 1. The lowest BCUT2D eigenvalue weighted by Gasteiger charge is -2.39. The van der Waals surface area contributed by atoms with Crippen molar-refractivity contribution >= 4 is 5.91 Å². The number of rotatable bonds is 6. The van der Waals surface area contributed by atoms with Gasteiger partial charge in [-0.25, -0.2) is 5.01 Å². The van der Waals surface area contributed by atoms with Gasteiger partial charge in [-0.15, -0.1) is 0 Å². The Morgan fingerprint density at radius 1 is 1.24 bits per heavy atom. The largest absolute Gasteiger partial charge is 0.393 e. The van der Waals surface area contributed by atoms with Crippen molar-refractivity contribution in [2.75, 3.05) is 19.6 Å². The van der Waals surface area contributed by atoms with E-state index in [1.165, 1.54) is 11.1 Å². The van der Waals surface area contributed by atoms with Crippen LogP contribution < -0.4 is 0 Å². The summed E-state index contributed by atoms with van der Waals surface area (Å²) in [5.41, 5.74) is 2.51. The summed E-state index contributed by atoms with van der Waals surface area (Å²) in [5.74, 6) is 0.207. The van der Waals surface area contributed by atoms with E-state index in [2.05, 4.69) is 36.2 Å². The van der Waals surface area contributed by atoms with Gasteiger partial charge in [0, 0.05) is 26.1 Å². The molecule has 4 nitrogen and oxygen atoms in total. The van der Waals surface area contributed by atoms with E-state index in [1.807, 2.05) is 5.01 Å². The van der Waals surface area contributed by atoms with E-state index in [-0.39, 0.29) is 12.0 Å². The van der Waals surface area contributed by atoms with Crippen LogP contribution in [0.4, 0.5) is 0 Å². The zero-order chi connectivity index (χ0) is 15.2. The first-order chi connectivity index (χ1) is 10.1. The molecule has 1 atom stereocenters. The van der Waals surface area contributed by atoms with Crippen molar-refractivity contribution in [3.63, 3.8) is 0 Å². The van der Waals surface area contributed by atoms with Crippen LogP contribution in [0.3, 0.4) is 0 Å². The third-order valence-corrected chi connectivity index (χ3v) is 3.97. The van der Waals surface area contributed by atoms with Crippen LogP contribution in [0, 0.1) is 6.92 Å². The highest BCUT2D eigenvalue weighted by atomic mass is 16.3. The first-order valence-corrected chi connectivity index (χ1v) is 7.85. The molecule has 1 aromatic carbocycles. The van der Waals surface area contributed by atoms with Crippen LogP contribution in [0.5, 0.6) is 0 Å². The number of hydrogen-bond donors (Lipinski definition) is 1. The van der Waals surface area contributed by atoms with Gasteiger partial charge in [0.15, 0.2) is 0 Å². The zero-order valence-electron chi connectivity index (χ0n) is 13.1. The minimum Gasteiger partial charge on any atom is -0.393 e. The van der Waals surface area contributed by atoms with Crippen molar-refractivity contribution in [1.29, 1.82) is 0 Å². The lowest BCUT2D eigenvalue weighted by Crippen LogP contribution is -2.51. The van der Waals surface area contributed by atoms with Gasteiger partial charge in [0.1, 0.15) is 0 Å². The number of aliphatic hydroxyl groups excluding tert-OH is 1. The number of aliphatic hydroxyl groups is 1. The van der Waals surface area contributed by atoms with Crippen molar-refractivity contribution in [3.8, 4) is 0 Å². The molecule has 1 aliphatic rings. The molecule has 0 bridgehead atoms. The maximum Gasteiger partial charge on any atom is 0.236 e. The lowest BCUT2D eigenvalue weighted by molar-refractivity contribution is -0.156. The summed E-state index contributed by atoms with van der Waals surface area (Å²) in [6, 6.07) is 8.48. The van der Waals surface area contributed by atoms with Crippen LogP contribution in [0.15, 0.2) is 24.3 Å². The molecule has 0 aliphatic carbocycles. The van der Waals surface area contributed by atoms with Crippen LogP contribution in [-0.2, 0) is 11.2 Å². The molecule has 0 radical (unpaired) electrons. The molecule has 0 spiro atoms. The molecule has 2 rings (SSSR count). The third kappa shape index (κ3) is 4.83. The Morgan fingerprint density at radius 2 is 1.95 bits per heavy atom. The Kier molecular flexibility index (Phi) is 5.76. The lowest BCUT2D eigenvalue weighted by atomic mass is 10.1. The van der Waals surface area contributed by atoms with Gasteiger partial charge in [0.05, 0.1) is 6.10 Å². The maximum atomic E-state index is 12.1. The van der Waals surface area contributed by atoms with Crippen molar-refractivity contribution in [1.82, 2.24) is 10.0 Å². The van der Waals surface area contributed by atoms with Crippen molar-refractivity contribution in [2.24, 2.45) is 0 Å². The highest BCUT2D eigenvalue weighted by molar-refractivity contribution is 5.76. The van der Waals surface area contributed by atoms with Gasteiger partial charge in [0.2, 0.25) is 5.91 Å². The van der Waals surface area contributed by atoms with E-state index in [4.69, 9.17) is 0 Å². The summed E-state index contributed by atoms with van der Waals surface area (Å²) in [6.45, 7) is 6.25. The monoisotopic (exact) mass is 290 g/mol. The molecule has 1 fully saturated rings. The Bertz CT molecular complexity index is 456. The van der Waals surface area contributed by atoms with Gasteiger partial charge in [-0.1, -0.05) is 29.8 Å². The Morgan fingerprint density at radius 3 is 2.62 bits per heavy atom. The first-order valence-electron chi connectivity index (χ1n) is 7.85. The Balaban J connectivity index is 1.92. The highest BCUT2D eigenvalue weighted by Gasteiger charge is 2.25. The Hall–Kier alpha value is -1.39. The molecule has 1 N–H and O–H groups in total. The molecular formula is C17H26N2O2. The molecule has 21 heavy (non-hydrogen) atoms. The van der Waals surface area contributed by atoms with Gasteiger partial charge < -0.3 is 5.11 Å². The summed E-state index contributed by atoms with van der Waals surface area (Å²) in [6.07, 6.45) is 2.81. The van der Waals surface area contributed by atoms with Crippen LogP contribution in [0.1, 0.15) is 37.3 Å². The van der Waals surface area contributed by atoms with E-state index in [1.54, 1.807) is 6.92 Å². The quantitative estimate of drug-likeness (QED) is 0.873. The highest BCUT2D eigenvalue weighted by Crippen LogP contribution is 2.15. The summed E-state index contributed by atoms with van der Waals surface area (Å²) >= 11 is 0. The van der Waals surface area contributed by atoms with E-state index < -0.39 is 0 Å². The van der Waals surface area contributed by atoms with Crippen LogP contribution >= 0.6 is 0 Å². The van der Waals surface area contributed by atoms with Crippen molar-refractivity contribution in [2.45, 2.75) is 45.6 Å². The van der Waals surface area contributed by atoms with Crippen LogP contribution in [-0.4, -0.2) is 46.8 Å². The average Bonchev–Trinajstić information content (AvgIpc) is 2.46. The van der Waals surface area contributed by atoms with Gasteiger partial charge in [0.25, 0.3) is 0 Å². The predicted octanol–water partition coefficient (Wildman–Crippen LogP) is 2.15. The molecule has 1 amide bonds. The van der Waals surface area contributed by atoms with Gasteiger partial charge in [-0.05, 0) is 38.7 Å². The predicted molar refractivity (Wildman–Crippen MR) is 83.7 cm³/mol. The van der Waals surface area contributed by atoms with Gasteiger partial charge in [-0.3, -0.25) is 9.80 Å². The van der Waals surface area contributed by atoms with E-state index >= 15 is 0 Å². The third-order valence-electron chi connectivity index (χ3n) is 3.97. The zero-order valence-corrected chi connectivity index (χ0v) is 13.1. The maximum absolute atomic E-state index is 12.1. The number of nitrogens with zero attached hydrogens (tertiary/aromatic N) is 2. The average molecular weight is 290 g/mol. The van der Waals surface area contributed by atoms with E-state index in [0.29, 0.717) is 12.8 Å². The second-order valence-electron chi connectivity index (χ2n) is 5.95. The number of amides is 1. The first kappa shape index (κ1) is 16.0. The number of aryl methyl sites for hydroxylation is 1. The normalized spacial score (nSPS) is 18.0. The van der Waals surface area contributed by atoms with Gasteiger partial charge in [-0.2, -0.15) is 0 Å². The van der Waals surface area contributed by atoms with Crippen LogP contribution in [0.25, 0.3) is 0 Å². The fourth-order valence-electron chi connectivity index (χ4n) is 2.64. The number of hydrogen-bond acceptors (Lipinski definition) is 3. The van der Waals surface area contributed by atoms with Crippen molar-refractivity contribution in [3.05, 3.63) is 35.4 Å². The smallest absolute Gasteiger partial charge is 0.236 e. The van der Waals surface area contributed by atoms with Crippen LogP contribution in [0.2, 0.25) is 0 Å². The molecule has 4 heteroatoms. The summed E-state index contributed by atoms with van der Waals surface area (Å²) < 4.78 is 0. The fraction of sp³-hybridized carbons (Fsp3) is 0.588. The molecule has 1 saturated heterocycles. The number of carbonyl (C=O) groups excluding carboxylic acids is 1. The summed E-state index contributed by atoms with van der Waals surface area (Å²) in [5, 5.41) is 13.4. The van der Waals surface area contributed by atoms with Crippen molar-refractivity contribution < 1.29 is 9.90 Å². The molecule has 1 aromatic rings. The Labute approximate surface area is 127 Å². The minimum absolute atomic E-state index is 0.207. The number of carbonyl (C=O) groups is 1. The summed E-state index contributed by atoms with van der Waals surface area (Å²) in [4.78, 5) is 12.1. The fourth-order valence-corrected chi connectivity index (χ4v) is 2.64. The minimum atomic E-state index is -0.319. The van der Waals surface area contributed by atoms with Gasteiger partial charge >= 0.3 is 0 Å². The second kappa shape index (κ2) is 7.57. The number of benzene rings is 1. The molecule has 0 saturated carbocycles. The molecular weight excluding hydrogens is 264 g/mol. The standard InChI is InChI=1S/C17H26N2O2/c1-14-5-7-16(8-6-14)10-13-19-17(21)4-3-11-18(19)12-9-15(2)20/h5-8,15,20H,3-4,9-13H2,1-2H3. The molecule has 0 aromatic heterocycles. The van der Waals surface area contributed by atoms with E-state index in [9.17, 15) is 9.90 Å². The van der Waals surface area contributed by atoms with E-state index in [0.717, 1.165) is 32.5 Å². The molecule has 1 unspecified atom stereocenters. The molecule has 116 valence electrons. The molecule has 1 heterocycles. The summed E-state index contributed by atoms with van der Waals surface area (Å²) in [7, 11) is 0. The molecule has 1 aliphatic heterocycles. The SMILES string of the molecule is Cc1ccc(CCN2C(=O)CCCN2CCC(C)O)cc1.